The molecule has 72 valence electrons. The Bertz CT molecular complexity index is 120. The highest BCUT2D eigenvalue weighted by Gasteiger charge is 2.23. The van der Waals surface area contributed by atoms with Crippen LogP contribution in [-0.4, -0.2) is 25.5 Å². The van der Waals surface area contributed by atoms with E-state index in [1.165, 1.54) is 38.6 Å². The molecule has 0 radical (unpaired) electrons. The number of rotatable bonds is 4. The van der Waals surface area contributed by atoms with Gasteiger partial charge in [0.1, 0.15) is 0 Å². The van der Waals surface area contributed by atoms with E-state index in [0.29, 0.717) is 0 Å². The van der Waals surface area contributed by atoms with E-state index in [1.54, 1.807) is 0 Å². The maximum Gasteiger partial charge on any atom is 0.000366 e. The normalized spacial score (nSPS) is 30.0. The summed E-state index contributed by atoms with van der Waals surface area (Å²) in [6.45, 7) is 3.61. The topological polar surface area (TPSA) is 3.24 Å². The fourth-order valence-corrected chi connectivity index (χ4v) is 2.53. The first-order valence-corrected chi connectivity index (χ1v) is 5.37. The third-order valence-electron chi connectivity index (χ3n) is 2.97. The van der Waals surface area contributed by atoms with E-state index in [1.807, 2.05) is 0 Å². The SMILES string of the molecule is CCCC1CCC(CN(C)C)C1. The van der Waals surface area contributed by atoms with Crippen LogP contribution in [0.25, 0.3) is 0 Å². The first-order valence-electron chi connectivity index (χ1n) is 5.37. The van der Waals surface area contributed by atoms with Crippen molar-refractivity contribution in [2.24, 2.45) is 11.8 Å². The van der Waals surface area contributed by atoms with Gasteiger partial charge in [-0.25, -0.2) is 0 Å². The van der Waals surface area contributed by atoms with Crippen molar-refractivity contribution >= 4 is 0 Å². The van der Waals surface area contributed by atoms with Crippen molar-refractivity contribution in [2.75, 3.05) is 20.6 Å². The van der Waals surface area contributed by atoms with Gasteiger partial charge < -0.3 is 4.90 Å². The van der Waals surface area contributed by atoms with Crippen molar-refractivity contribution in [1.29, 1.82) is 0 Å². The maximum absolute atomic E-state index is 2.33. The zero-order chi connectivity index (χ0) is 8.97. The van der Waals surface area contributed by atoms with Crippen LogP contribution < -0.4 is 0 Å². The van der Waals surface area contributed by atoms with Crippen LogP contribution in [0.15, 0.2) is 0 Å². The van der Waals surface area contributed by atoms with Crippen molar-refractivity contribution in [1.82, 2.24) is 4.90 Å². The van der Waals surface area contributed by atoms with Crippen LogP contribution in [0.5, 0.6) is 0 Å². The summed E-state index contributed by atoms with van der Waals surface area (Å²) in [7, 11) is 4.38. The molecule has 0 N–H and O–H groups in total. The van der Waals surface area contributed by atoms with Gasteiger partial charge in [0, 0.05) is 6.54 Å². The second kappa shape index (κ2) is 4.86. The van der Waals surface area contributed by atoms with Gasteiger partial charge in [-0.3, -0.25) is 0 Å². The fourth-order valence-electron chi connectivity index (χ4n) is 2.53. The monoisotopic (exact) mass is 169 g/mol. The highest BCUT2D eigenvalue weighted by molar-refractivity contribution is 4.76. The molecule has 1 fully saturated rings. The van der Waals surface area contributed by atoms with Gasteiger partial charge in [0.05, 0.1) is 0 Å². The zero-order valence-electron chi connectivity index (χ0n) is 8.84. The van der Waals surface area contributed by atoms with Gasteiger partial charge in [0.15, 0.2) is 0 Å². The maximum atomic E-state index is 2.33. The minimum absolute atomic E-state index is 0.997. The minimum Gasteiger partial charge on any atom is -0.309 e. The molecule has 0 heterocycles. The Hall–Kier alpha value is -0.0400. The molecular formula is C11H23N. The van der Waals surface area contributed by atoms with Gasteiger partial charge in [-0.15, -0.1) is 0 Å². The summed E-state index contributed by atoms with van der Waals surface area (Å²) in [5.41, 5.74) is 0. The van der Waals surface area contributed by atoms with Crippen molar-refractivity contribution in [3.05, 3.63) is 0 Å². The first-order chi connectivity index (χ1) is 5.72. The van der Waals surface area contributed by atoms with E-state index in [0.717, 1.165) is 11.8 Å². The summed E-state index contributed by atoms with van der Waals surface area (Å²) in [6, 6.07) is 0. The Morgan fingerprint density at radius 2 is 1.83 bits per heavy atom. The van der Waals surface area contributed by atoms with Crippen molar-refractivity contribution in [3.63, 3.8) is 0 Å². The standard InChI is InChI=1S/C11H23N/c1-4-5-10-6-7-11(8-10)9-12(2)3/h10-11H,4-9H2,1-3H3. The summed E-state index contributed by atoms with van der Waals surface area (Å²) >= 11 is 0. The Kier molecular flexibility index (Phi) is 4.07. The molecule has 0 bridgehead atoms. The zero-order valence-corrected chi connectivity index (χ0v) is 8.84. The van der Waals surface area contributed by atoms with E-state index in [9.17, 15) is 0 Å². The second-order valence-corrected chi connectivity index (χ2v) is 4.60. The third kappa shape index (κ3) is 3.14. The third-order valence-corrected chi connectivity index (χ3v) is 2.97. The molecule has 1 nitrogen and oxygen atoms in total. The average molecular weight is 169 g/mol. The quantitative estimate of drug-likeness (QED) is 0.625. The molecule has 1 rings (SSSR count). The molecule has 0 saturated heterocycles. The van der Waals surface area contributed by atoms with Crippen LogP contribution in [0, 0.1) is 11.8 Å². The van der Waals surface area contributed by atoms with Crippen molar-refractivity contribution in [2.45, 2.75) is 39.0 Å². The van der Waals surface area contributed by atoms with Crippen LogP contribution in [0.2, 0.25) is 0 Å². The van der Waals surface area contributed by atoms with Crippen LogP contribution in [0.3, 0.4) is 0 Å². The Balaban J connectivity index is 2.16. The molecule has 1 saturated carbocycles. The van der Waals surface area contributed by atoms with Crippen LogP contribution in [0.1, 0.15) is 39.0 Å². The first kappa shape index (κ1) is 10.0. The average Bonchev–Trinajstić information content (AvgIpc) is 2.36. The predicted molar refractivity (Wildman–Crippen MR) is 54.3 cm³/mol. The Labute approximate surface area is 77.1 Å². The number of hydrogen-bond donors (Lipinski definition) is 0. The lowest BCUT2D eigenvalue weighted by atomic mass is 10.0. The van der Waals surface area contributed by atoms with Crippen LogP contribution in [0.4, 0.5) is 0 Å². The van der Waals surface area contributed by atoms with E-state index in [-0.39, 0.29) is 0 Å². The van der Waals surface area contributed by atoms with Gasteiger partial charge in [-0.1, -0.05) is 26.2 Å². The summed E-state index contributed by atoms with van der Waals surface area (Å²) in [4.78, 5) is 2.33. The van der Waals surface area contributed by atoms with E-state index < -0.39 is 0 Å². The summed E-state index contributed by atoms with van der Waals surface area (Å²) < 4.78 is 0. The van der Waals surface area contributed by atoms with Crippen LogP contribution >= 0.6 is 0 Å². The van der Waals surface area contributed by atoms with E-state index in [4.69, 9.17) is 0 Å². The van der Waals surface area contributed by atoms with E-state index in [2.05, 4.69) is 25.9 Å². The van der Waals surface area contributed by atoms with Gasteiger partial charge in [-0.2, -0.15) is 0 Å². The molecule has 0 aliphatic heterocycles. The van der Waals surface area contributed by atoms with Gasteiger partial charge in [0.2, 0.25) is 0 Å². The molecule has 2 atom stereocenters. The molecule has 2 unspecified atom stereocenters. The molecule has 1 aliphatic rings. The largest absolute Gasteiger partial charge is 0.309 e. The van der Waals surface area contributed by atoms with Crippen molar-refractivity contribution in [3.8, 4) is 0 Å². The van der Waals surface area contributed by atoms with Gasteiger partial charge >= 0.3 is 0 Å². The van der Waals surface area contributed by atoms with Gasteiger partial charge in [-0.05, 0) is 38.8 Å². The Morgan fingerprint density at radius 1 is 1.17 bits per heavy atom. The molecule has 0 aromatic rings. The lowest BCUT2D eigenvalue weighted by Crippen LogP contribution is -2.19. The molecule has 12 heavy (non-hydrogen) atoms. The summed E-state index contributed by atoms with van der Waals surface area (Å²) in [5, 5.41) is 0. The molecule has 0 aromatic heterocycles. The highest BCUT2D eigenvalue weighted by Crippen LogP contribution is 2.33. The number of nitrogens with zero attached hydrogens (tertiary/aromatic N) is 1. The fraction of sp³-hybridized carbons (Fsp3) is 1.00. The molecule has 0 amide bonds. The van der Waals surface area contributed by atoms with E-state index >= 15 is 0 Å². The lowest BCUT2D eigenvalue weighted by Gasteiger charge is -2.15. The highest BCUT2D eigenvalue weighted by atomic mass is 15.1. The molecule has 1 aliphatic carbocycles. The molecule has 0 spiro atoms. The Morgan fingerprint density at radius 3 is 2.42 bits per heavy atom. The minimum atomic E-state index is 0.997. The lowest BCUT2D eigenvalue weighted by molar-refractivity contribution is 0.320. The van der Waals surface area contributed by atoms with Gasteiger partial charge in [0.25, 0.3) is 0 Å². The predicted octanol–water partition coefficient (Wildman–Crippen LogP) is 2.76. The molecule has 1 heteroatoms. The molecular weight excluding hydrogens is 146 g/mol. The number of hydrogen-bond acceptors (Lipinski definition) is 1. The smallest absolute Gasteiger partial charge is 0.000366 e. The second-order valence-electron chi connectivity index (χ2n) is 4.60. The summed E-state index contributed by atoms with van der Waals surface area (Å²) in [6.07, 6.45) is 7.30. The molecule has 0 aromatic carbocycles. The van der Waals surface area contributed by atoms with Crippen LogP contribution in [-0.2, 0) is 0 Å². The summed E-state index contributed by atoms with van der Waals surface area (Å²) in [5.74, 6) is 2.05. The van der Waals surface area contributed by atoms with Crippen molar-refractivity contribution < 1.29 is 0 Å².